The Bertz CT molecular complexity index is 447. The van der Waals surface area contributed by atoms with Gasteiger partial charge in [0.1, 0.15) is 4.90 Å². The average Bonchev–Trinajstić information content (AvgIpc) is 2.01. The maximum Gasteiger partial charge on any atom is 0.265 e. The summed E-state index contributed by atoms with van der Waals surface area (Å²) < 4.78 is 46.5. The molecule has 0 N–H and O–H groups in total. The van der Waals surface area contributed by atoms with Gasteiger partial charge in [0, 0.05) is 28.6 Å². The van der Waals surface area contributed by atoms with Crippen LogP contribution in [0.5, 0.6) is 0 Å². The summed E-state index contributed by atoms with van der Waals surface area (Å²) in [6.45, 7) is 1.26. The first kappa shape index (κ1) is 11.3. The second-order valence-corrected chi connectivity index (χ2v) is 5.12. The first-order valence-corrected chi connectivity index (χ1v) is 5.82. The maximum absolute atomic E-state index is 12.3. The van der Waals surface area contributed by atoms with Crippen LogP contribution in [0.1, 0.15) is 17.6 Å². The van der Waals surface area contributed by atoms with Crippen LogP contribution in [0.2, 0.25) is 0 Å². The molecule has 0 saturated heterocycles. The van der Waals surface area contributed by atoms with Gasteiger partial charge in [0.15, 0.2) is 0 Å². The van der Waals surface area contributed by atoms with E-state index < -0.39 is 21.0 Å². The summed E-state index contributed by atoms with van der Waals surface area (Å²) in [4.78, 5) is 3.01. The van der Waals surface area contributed by atoms with E-state index in [9.17, 15) is 17.2 Å². The van der Waals surface area contributed by atoms with Crippen LogP contribution in [0.15, 0.2) is 17.3 Å². The number of hydrogen-bond donors (Lipinski definition) is 0. The lowest BCUT2D eigenvalue weighted by atomic mass is 10.2. The molecule has 0 fully saturated rings. The van der Waals surface area contributed by atoms with E-state index in [1.54, 1.807) is 0 Å². The van der Waals surface area contributed by atoms with Gasteiger partial charge in [-0.1, -0.05) is 0 Å². The van der Waals surface area contributed by atoms with E-state index in [2.05, 4.69) is 4.98 Å². The summed E-state index contributed by atoms with van der Waals surface area (Å²) in [5.74, 6) is 0. The van der Waals surface area contributed by atoms with Crippen LogP contribution in [0.25, 0.3) is 0 Å². The fraction of sp³-hybridized carbons (Fsp3) is 0.286. The van der Waals surface area contributed by atoms with Crippen LogP contribution in [-0.4, -0.2) is 13.4 Å². The summed E-state index contributed by atoms with van der Waals surface area (Å²) in [5.41, 5.74) is -0.489. The van der Waals surface area contributed by atoms with E-state index in [4.69, 9.17) is 10.7 Å². The van der Waals surface area contributed by atoms with Crippen molar-refractivity contribution < 1.29 is 17.2 Å². The fourth-order valence-electron chi connectivity index (χ4n) is 0.987. The smallest absolute Gasteiger partial charge is 0.263 e. The summed E-state index contributed by atoms with van der Waals surface area (Å²) in [7, 11) is 1.01. The zero-order valence-electron chi connectivity index (χ0n) is 7.04. The van der Waals surface area contributed by atoms with Crippen LogP contribution < -0.4 is 0 Å². The molecule has 0 aliphatic heterocycles. The van der Waals surface area contributed by atoms with Crippen LogP contribution >= 0.6 is 10.7 Å². The number of nitrogens with zero attached hydrogens (tertiary/aromatic N) is 1. The largest absolute Gasteiger partial charge is 0.265 e. The second-order valence-electron chi connectivity index (χ2n) is 2.59. The van der Waals surface area contributed by atoms with Gasteiger partial charge in [0.05, 0.1) is 0 Å². The molecule has 0 amide bonds. The first-order chi connectivity index (χ1) is 6.34. The molecule has 0 spiro atoms. The van der Waals surface area contributed by atoms with Crippen LogP contribution in [0.3, 0.4) is 0 Å². The minimum absolute atomic E-state index is 0.0648. The van der Waals surface area contributed by atoms with Crippen molar-refractivity contribution in [2.75, 3.05) is 0 Å². The highest BCUT2D eigenvalue weighted by Crippen LogP contribution is 2.27. The Kier molecular flexibility index (Phi) is 3.06. The molecule has 3 nitrogen and oxygen atoms in total. The normalized spacial score (nSPS) is 12.1. The molecule has 0 saturated carbocycles. The molecule has 0 unspecified atom stereocenters. The van der Waals surface area contributed by atoms with Crippen LogP contribution in [0.4, 0.5) is 8.78 Å². The molecular weight excluding hydrogens is 236 g/mol. The van der Waals surface area contributed by atoms with Crippen molar-refractivity contribution in [3.8, 4) is 0 Å². The molecule has 0 aliphatic carbocycles. The molecule has 1 aromatic heterocycles. The first-order valence-electron chi connectivity index (χ1n) is 3.51. The van der Waals surface area contributed by atoms with Gasteiger partial charge in [-0.2, -0.15) is 0 Å². The van der Waals surface area contributed by atoms with Gasteiger partial charge in [-0.05, 0) is 12.5 Å². The van der Waals surface area contributed by atoms with Gasteiger partial charge < -0.3 is 0 Å². The molecule has 1 aromatic rings. The van der Waals surface area contributed by atoms with Crippen molar-refractivity contribution in [2.45, 2.75) is 18.2 Å². The predicted octanol–water partition coefficient (Wildman–Crippen LogP) is 2.26. The molecule has 0 atom stereocenters. The quantitative estimate of drug-likeness (QED) is 0.746. The van der Waals surface area contributed by atoms with Crippen LogP contribution in [-0.2, 0) is 9.05 Å². The van der Waals surface area contributed by atoms with Crippen molar-refractivity contribution >= 4 is 19.7 Å². The number of pyridine rings is 1. The molecule has 14 heavy (non-hydrogen) atoms. The van der Waals surface area contributed by atoms with Gasteiger partial charge >= 0.3 is 0 Å². The highest BCUT2D eigenvalue weighted by molar-refractivity contribution is 8.13. The predicted molar refractivity (Wildman–Crippen MR) is 47.0 cm³/mol. The Morgan fingerprint density at radius 1 is 1.43 bits per heavy atom. The summed E-state index contributed by atoms with van der Waals surface area (Å²) in [6.07, 6.45) is -0.893. The third-order valence-electron chi connectivity index (χ3n) is 1.71. The molecule has 0 aromatic carbocycles. The number of rotatable bonds is 2. The minimum Gasteiger partial charge on any atom is -0.263 e. The van der Waals surface area contributed by atoms with E-state index in [1.165, 1.54) is 6.92 Å². The van der Waals surface area contributed by atoms with E-state index in [0.717, 1.165) is 12.4 Å². The number of aromatic nitrogens is 1. The lowest BCUT2D eigenvalue weighted by molar-refractivity contribution is 0.150. The molecule has 0 radical (unpaired) electrons. The van der Waals surface area contributed by atoms with Crippen LogP contribution in [0, 0.1) is 6.92 Å². The van der Waals surface area contributed by atoms with E-state index in [-0.39, 0.29) is 10.5 Å². The van der Waals surface area contributed by atoms with Gasteiger partial charge in [0.2, 0.25) is 0 Å². The number of hydrogen-bond acceptors (Lipinski definition) is 3. The Morgan fingerprint density at radius 3 is 2.43 bits per heavy atom. The van der Waals surface area contributed by atoms with E-state index in [1.807, 2.05) is 0 Å². The number of alkyl halides is 2. The standard InChI is InChI=1S/C7H6ClF2NO2S/c1-4-5(7(9)10)2-11-3-6(4)14(8,12)13/h2-3,7H,1H3. The third kappa shape index (κ3) is 2.19. The van der Waals surface area contributed by atoms with Gasteiger partial charge in [-0.15, -0.1) is 0 Å². The molecule has 7 heteroatoms. The fourth-order valence-corrected chi connectivity index (χ4v) is 2.12. The van der Waals surface area contributed by atoms with Gasteiger partial charge in [0.25, 0.3) is 15.5 Å². The highest BCUT2D eigenvalue weighted by Gasteiger charge is 2.20. The van der Waals surface area contributed by atoms with Gasteiger partial charge in [-0.25, -0.2) is 17.2 Å². The summed E-state index contributed by atoms with van der Waals surface area (Å²) in [5, 5.41) is 0. The zero-order valence-corrected chi connectivity index (χ0v) is 8.61. The van der Waals surface area contributed by atoms with Crippen molar-refractivity contribution in [2.24, 2.45) is 0 Å². The molecule has 1 rings (SSSR count). The van der Waals surface area contributed by atoms with E-state index >= 15 is 0 Å². The number of halogens is 3. The Hall–Kier alpha value is -0.750. The third-order valence-corrected chi connectivity index (χ3v) is 3.14. The molecule has 78 valence electrons. The summed E-state index contributed by atoms with van der Waals surface area (Å²) in [6, 6.07) is 0. The lowest BCUT2D eigenvalue weighted by Gasteiger charge is -2.06. The zero-order chi connectivity index (χ0) is 10.9. The van der Waals surface area contributed by atoms with E-state index in [0.29, 0.717) is 0 Å². The summed E-state index contributed by atoms with van der Waals surface area (Å²) >= 11 is 0. The molecular formula is C7H6ClF2NO2S. The average molecular weight is 242 g/mol. The maximum atomic E-state index is 12.3. The molecule has 0 bridgehead atoms. The Labute approximate surface area is 84.1 Å². The lowest BCUT2D eigenvalue weighted by Crippen LogP contribution is -2.00. The van der Waals surface area contributed by atoms with Crippen molar-refractivity contribution in [1.29, 1.82) is 0 Å². The highest BCUT2D eigenvalue weighted by atomic mass is 35.7. The van der Waals surface area contributed by atoms with Gasteiger partial charge in [-0.3, -0.25) is 4.98 Å². The molecule has 0 aliphatic rings. The second kappa shape index (κ2) is 3.78. The Balaban J connectivity index is 3.43. The van der Waals surface area contributed by atoms with Crippen molar-refractivity contribution in [1.82, 2.24) is 4.98 Å². The van der Waals surface area contributed by atoms with Crippen molar-refractivity contribution in [3.05, 3.63) is 23.5 Å². The Morgan fingerprint density at radius 2 is 2.00 bits per heavy atom. The van der Waals surface area contributed by atoms with Crippen molar-refractivity contribution in [3.63, 3.8) is 0 Å². The minimum atomic E-state index is -4.01. The topological polar surface area (TPSA) is 47.0 Å². The SMILES string of the molecule is Cc1c(C(F)F)cncc1S(=O)(=O)Cl. The molecule has 1 heterocycles. The monoisotopic (exact) mass is 241 g/mol.